The SMILES string of the molecule is CNCc1cc(Cl)cc(S(=O)(=O)Nc2ccsc2)c1Cl. The van der Waals surface area contributed by atoms with Gasteiger partial charge in [-0.1, -0.05) is 23.2 Å². The summed E-state index contributed by atoms with van der Waals surface area (Å²) in [6.07, 6.45) is 0. The Labute approximate surface area is 131 Å². The number of anilines is 1. The van der Waals surface area contributed by atoms with Crippen LogP contribution in [0.5, 0.6) is 0 Å². The fraction of sp³-hybridized carbons (Fsp3) is 0.167. The van der Waals surface area contributed by atoms with Crippen LogP contribution >= 0.6 is 34.5 Å². The van der Waals surface area contributed by atoms with E-state index >= 15 is 0 Å². The van der Waals surface area contributed by atoms with E-state index in [4.69, 9.17) is 23.2 Å². The molecular formula is C12H12Cl2N2O2S2. The van der Waals surface area contributed by atoms with Gasteiger partial charge in [0.1, 0.15) is 4.90 Å². The number of rotatable bonds is 5. The summed E-state index contributed by atoms with van der Waals surface area (Å²) in [7, 11) is -2.02. The number of hydrogen-bond donors (Lipinski definition) is 2. The molecule has 108 valence electrons. The van der Waals surface area contributed by atoms with Crippen LogP contribution in [0.15, 0.2) is 33.9 Å². The summed E-state index contributed by atoms with van der Waals surface area (Å²) in [5, 5.41) is 6.90. The Bertz CT molecular complexity index is 700. The third kappa shape index (κ3) is 3.45. The Kier molecular flexibility index (Phi) is 4.93. The van der Waals surface area contributed by atoms with Crippen molar-refractivity contribution in [2.24, 2.45) is 0 Å². The van der Waals surface area contributed by atoms with Crippen molar-refractivity contribution in [3.63, 3.8) is 0 Å². The monoisotopic (exact) mass is 350 g/mol. The highest BCUT2D eigenvalue weighted by molar-refractivity contribution is 7.92. The second-order valence-electron chi connectivity index (χ2n) is 4.02. The Morgan fingerprint density at radius 2 is 2.05 bits per heavy atom. The predicted octanol–water partition coefficient (Wildman–Crippen LogP) is 3.58. The molecule has 2 rings (SSSR count). The smallest absolute Gasteiger partial charge is 0.263 e. The van der Waals surface area contributed by atoms with Gasteiger partial charge in [-0.3, -0.25) is 4.72 Å². The van der Waals surface area contributed by atoms with Crippen molar-refractivity contribution < 1.29 is 8.42 Å². The van der Waals surface area contributed by atoms with Crippen LogP contribution in [0.1, 0.15) is 5.56 Å². The molecule has 1 aromatic carbocycles. The van der Waals surface area contributed by atoms with E-state index in [1.165, 1.54) is 17.4 Å². The number of benzene rings is 1. The first kappa shape index (κ1) is 15.6. The van der Waals surface area contributed by atoms with Gasteiger partial charge in [0.15, 0.2) is 0 Å². The second-order valence-corrected chi connectivity index (χ2v) is 7.27. The maximum atomic E-state index is 12.4. The molecule has 0 atom stereocenters. The van der Waals surface area contributed by atoms with E-state index in [1.807, 2.05) is 0 Å². The molecule has 2 aromatic rings. The molecule has 0 bridgehead atoms. The van der Waals surface area contributed by atoms with Crippen molar-refractivity contribution in [2.45, 2.75) is 11.4 Å². The summed E-state index contributed by atoms with van der Waals surface area (Å²) >= 11 is 13.5. The molecule has 2 N–H and O–H groups in total. The first-order valence-electron chi connectivity index (χ1n) is 5.61. The number of thiophene rings is 1. The van der Waals surface area contributed by atoms with Gasteiger partial charge >= 0.3 is 0 Å². The van der Waals surface area contributed by atoms with Crippen LogP contribution in [0.25, 0.3) is 0 Å². The molecule has 0 saturated heterocycles. The molecule has 0 aliphatic rings. The Morgan fingerprint density at radius 3 is 2.65 bits per heavy atom. The first-order chi connectivity index (χ1) is 9.44. The van der Waals surface area contributed by atoms with Gasteiger partial charge in [-0.05, 0) is 36.2 Å². The van der Waals surface area contributed by atoms with Gasteiger partial charge in [0.2, 0.25) is 0 Å². The molecule has 0 fully saturated rings. The quantitative estimate of drug-likeness (QED) is 0.866. The molecular weight excluding hydrogens is 339 g/mol. The largest absolute Gasteiger partial charge is 0.316 e. The van der Waals surface area contributed by atoms with E-state index in [-0.39, 0.29) is 9.92 Å². The Morgan fingerprint density at radius 1 is 1.30 bits per heavy atom. The normalized spacial score (nSPS) is 11.6. The highest BCUT2D eigenvalue weighted by atomic mass is 35.5. The van der Waals surface area contributed by atoms with Crippen LogP contribution in [0, 0.1) is 0 Å². The molecule has 0 amide bonds. The van der Waals surface area contributed by atoms with Gasteiger partial charge in [-0.2, -0.15) is 11.3 Å². The molecule has 1 heterocycles. The molecule has 0 unspecified atom stereocenters. The zero-order chi connectivity index (χ0) is 14.8. The minimum atomic E-state index is -3.76. The van der Waals surface area contributed by atoms with Gasteiger partial charge in [-0.25, -0.2) is 8.42 Å². The van der Waals surface area contributed by atoms with Crippen molar-refractivity contribution in [3.05, 3.63) is 44.6 Å². The molecule has 0 aliphatic heterocycles. The van der Waals surface area contributed by atoms with Crippen molar-refractivity contribution in [2.75, 3.05) is 11.8 Å². The van der Waals surface area contributed by atoms with Crippen LogP contribution in [0.2, 0.25) is 10.0 Å². The molecule has 0 saturated carbocycles. The molecule has 0 radical (unpaired) electrons. The molecule has 0 aliphatic carbocycles. The summed E-state index contributed by atoms with van der Waals surface area (Å²) in [6.45, 7) is 0.431. The summed E-state index contributed by atoms with van der Waals surface area (Å²) in [5.41, 5.74) is 1.13. The highest BCUT2D eigenvalue weighted by Gasteiger charge is 2.21. The van der Waals surface area contributed by atoms with E-state index in [0.717, 1.165) is 0 Å². The van der Waals surface area contributed by atoms with Crippen LogP contribution in [0.3, 0.4) is 0 Å². The number of nitrogens with one attached hydrogen (secondary N) is 2. The number of halogens is 2. The van der Waals surface area contributed by atoms with Crippen molar-refractivity contribution in [3.8, 4) is 0 Å². The highest BCUT2D eigenvalue weighted by Crippen LogP contribution is 2.31. The summed E-state index contributed by atoms with van der Waals surface area (Å²) in [6, 6.07) is 4.66. The molecule has 8 heteroatoms. The third-order valence-corrected chi connectivity index (χ3v) is 5.37. The van der Waals surface area contributed by atoms with Gasteiger partial charge in [0.05, 0.1) is 10.7 Å². The lowest BCUT2D eigenvalue weighted by Crippen LogP contribution is -2.15. The minimum absolute atomic E-state index is 0.0249. The average molecular weight is 351 g/mol. The molecule has 4 nitrogen and oxygen atoms in total. The fourth-order valence-electron chi connectivity index (χ4n) is 1.67. The van der Waals surface area contributed by atoms with Gasteiger partial charge in [0.25, 0.3) is 10.0 Å². The zero-order valence-corrected chi connectivity index (χ0v) is 13.6. The lowest BCUT2D eigenvalue weighted by Gasteiger charge is -2.12. The Balaban J connectivity index is 2.45. The second kappa shape index (κ2) is 6.32. The third-order valence-electron chi connectivity index (χ3n) is 2.51. The summed E-state index contributed by atoms with van der Waals surface area (Å²) in [5.74, 6) is 0. The van der Waals surface area contributed by atoms with Crippen LogP contribution in [0.4, 0.5) is 5.69 Å². The lowest BCUT2D eigenvalue weighted by atomic mass is 10.2. The Hall–Kier alpha value is -0.790. The first-order valence-corrected chi connectivity index (χ1v) is 8.80. The van der Waals surface area contributed by atoms with Gasteiger partial charge in [-0.15, -0.1) is 0 Å². The number of hydrogen-bond acceptors (Lipinski definition) is 4. The predicted molar refractivity (Wildman–Crippen MR) is 84.4 cm³/mol. The lowest BCUT2D eigenvalue weighted by molar-refractivity contribution is 0.601. The maximum Gasteiger partial charge on any atom is 0.263 e. The molecule has 20 heavy (non-hydrogen) atoms. The maximum absolute atomic E-state index is 12.4. The van der Waals surface area contributed by atoms with Crippen molar-refractivity contribution in [1.29, 1.82) is 0 Å². The fourth-order valence-corrected chi connectivity index (χ4v) is 4.31. The van der Waals surface area contributed by atoms with Crippen LogP contribution in [-0.2, 0) is 16.6 Å². The van der Waals surface area contributed by atoms with Crippen molar-refractivity contribution >= 4 is 50.2 Å². The molecule has 1 aromatic heterocycles. The zero-order valence-electron chi connectivity index (χ0n) is 10.5. The van der Waals surface area contributed by atoms with Crippen LogP contribution in [-0.4, -0.2) is 15.5 Å². The van der Waals surface area contributed by atoms with Gasteiger partial charge in [0, 0.05) is 16.9 Å². The van der Waals surface area contributed by atoms with E-state index in [1.54, 1.807) is 29.9 Å². The van der Waals surface area contributed by atoms with E-state index in [0.29, 0.717) is 22.8 Å². The van der Waals surface area contributed by atoms with Crippen molar-refractivity contribution in [1.82, 2.24) is 5.32 Å². The average Bonchev–Trinajstić information content (AvgIpc) is 2.85. The number of sulfonamides is 1. The summed E-state index contributed by atoms with van der Waals surface area (Å²) < 4.78 is 27.2. The van der Waals surface area contributed by atoms with E-state index in [9.17, 15) is 8.42 Å². The standard InChI is InChI=1S/C12H12Cl2N2O2S2/c1-15-6-8-4-9(13)5-11(12(8)14)20(17,18)16-10-2-3-19-7-10/h2-5,7,15-16H,6H2,1H3. The topological polar surface area (TPSA) is 58.2 Å². The van der Waals surface area contributed by atoms with Gasteiger partial charge < -0.3 is 5.32 Å². The minimum Gasteiger partial charge on any atom is -0.316 e. The molecule has 0 spiro atoms. The van der Waals surface area contributed by atoms with Crippen LogP contribution < -0.4 is 10.0 Å². The van der Waals surface area contributed by atoms with E-state index in [2.05, 4.69) is 10.0 Å². The summed E-state index contributed by atoms with van der Waals surface area (Å²) in [4.78, 5) is -0.0249. The van der Waals surface area contributed by atoms with E-state index < -0.39 is 10.0 Å².